The van der Waals surface area contributed by atoms with Gasteiger partial charge in [0.15, 0.2) is 16.6 Å². The van der Waals surface area contributed by atoms with Crippen molar-refractivity contribution in [2.45, 2.75) is 89.7 Å². The van der Waals surface area contributed by atoms with Crippen LogP contribution in [-0.4, -0.2) is 57.8 Å². The van der Waals surface area contributed by atoms with Gasteiger partial charge in [0.2, 0.25) is 0 Å². The normalized spacial score (nSPS) is 15.5. The van der Waals surface area contributed by atoms with Crippen molar-refractivity contribution >= 4 is 25.2 Å². The van der Waals surface area contributed by atoms with Crippen molar-refractivity contribution in [1.29, 1.82) is 0 Å². The van der Waals surface area contributed by atoms with Crippen LogP contribution in [0.25, 0.3) is 0 Å². The average molecular weight is 479 g/mol. The van der Waals surface area contributed by atoms with Crippen LogP contribution < -0.4 is 10.6 Å². The lowest BCUT2D eigenvalue weighted by Crippen LogP contribution is -2.54. The van der Waals surface area contributed by atoms with E-state index in [1.54, 1.807) is 6.55 Å². The molecule has 0 bridgehead atoms. The molecule has 0 saturated carbocycles. The maximum atomic E-state index is 12.9. The van der Waals surface area contributed by atoms with Gasteiger partial charge in [0.05, 0.1) is 0 Å². The summed E-state index contributed by atoms with van der Waals surface area (Å²) in [6.45, 7) is 14.0. The van der Waals surface area contributed by atoms with Crippen molar-refractivity contribution in [2.75, 3.05) is 26.4 Å². The lowest BCUT2D eigenvalue weighted by Gasteiger charge is -2.41. The lowest BCUT2D eigenvalue weighted by molar-refractivity contribution is -0.131. The van der Waals surface area contributed by atoms with Gasteiger partial charge in [-0.1, -0.05) is 6.92 Å². The van der Waals surface area contributed by atoms with Crippen LogP contribution in [0.1, 0.15) is 32.6 Å². The highest BCUT2D eigenvalue weighted by Crippen LogP contribution is 2.33. The molecule has 0 aliphatic heterocycles. The maximum Gasteiger partial charge on any atom is 0.389 e. The van der Waals surface area contributed by atoms with Gasteiger partial charge in [0.1, 0.15) is 6.80 Å². The number of rotatable bonds is 17. The number of alkyl halides is 4. The van der Waals surface area contributed by atoms with Gasteiger partial charge >= 0.3 is 14.7 Å². The molecule has 0 saturated heterocycles. The van der Waals surface area contributed by atoms with E-state index in [0.29, 0.717) is 6.54 Å². The summed E-state index contributed by atoms with van der Waals surface area (Å²) in [5.74, 6) is 0. The van der Waals surface area contributed by atoms with Crippen molar-refractivity contribution in [1.82, 2.24) is 10.6 Å². The molecule has 0 radical (unpaired) electrons. The monoisotopic (exact) mass is 478 g/mol. The average Bonchev–Trinajstić information content (AvgIpc) is 2.55. The molecule has 1 unspecified atom stereocenters. The van der Waals surface area contributed by atoms with E-state index in [4.69, 9.17) is 8.23 Å². The Hall–Kier alpha value is 0.211. The fourth-order valence-electron chi connectivity index (χ4n) is 3.41. The number of hydrogen-bond donors (Lipinski definition) is 2. The van der Waals surface area contributed by atoms with E-state index in [-0.39, 0.29) is 6.04 Å². The van der Waals surface area contributed by atoms with Crippen molar-refractivity contribution in [3.63, 3.8) is 0 Å². The molecular weight excluding hydrogens is 436 g/mol. The van der Waals surface area contributed by atoms with Crippen molar-refractivity contribution in [3.8, 4) is 0 Å². The zero-order valence-corrected chi connectivity index (χ0v) is 22.1. The van der Waals surface area contributed by atoms with Gasteiger partial charge in [0, 0.05) is 6.42 Å². The van der Waals surface area contributed by atoms with Crippen molar-refractivity contribution < 1.29 is 25.8 Å². The predicted molar refractivity (Wildman–Crippen MR) is 120 cm³/mol. The number of hydrogen-bond acceptors (Lipinski definition) is 4. The highest BCUT2D eigenvalue weighted by Gasteiger charge is 2.45. The molecule has 0 rings (SSSR count). The first-order valence-electron chi connectivity index (χ1n) is 10.7. The van der Waals surface area contributed by atoms with Crippen LogP contribution >= 0.6 is 0 Å². The van der Waals surface area contributed by atoms with E-state index in [9.17, 15) is 17.6 Å². The molecule has 0 aromatic rings. The van der Waals surface area contributed by atoms with Gasteiger partial charge < -0.3 is 13.5 Å². The van der Waals surface area contributed by atoms with Crippen LogP contribution in [0.2, 0.25) is 50.9 Å². The molecule has 0 aromatic heterocycles. The third kappa shape index (κ3) is 16.6. The molecule has 1 atom stereocenters. The van der Waals surface area contributed by atoms with Gasteiger partial charge in [-0.05, 0) is 89.8 Å². The fraction of sp³-hybridized carbons (Fsp3) is 1.00. The quantitative estimate of drug-likeness (QED) is 0.121. The van der Waals surface area contributed by atoms with Crippen molar-refractivity contribution in [3.05, 3.63) is 0 Å². The molecule has 0 amide bonds. The Morgan fingerprint density at radius 1 is 0.759 bits per heavy atom. The number of halogens is 4. The van der Waals surface area contributed by atoms with Crippen LogP contribution in [0, 0.1) is 0 Å². The summed E-state index contributed by atoms with van der Waals surface area (Å²) in [7, 11) is -7.35. The minimum atomic E-state index is -4.21. The predicted octanol–water partition coefficient (Wildman–Crippen LogP) is 5.75. The highest BCUT2D eigenvalue weighted by molar-refractivity contribution is 6.88. The van der Waals surface area contributed by atoms with E-state index in [0.717, 1.165) is 44.4 Å². The molecule has 11 heteroatoms. The Labute approximate surface area is 178 Å². The molecule has 4 nitrogen and oxygen atoms in total. The van der Waals surface area contributed by atoms with Crippen LogP contribution in [0.15, 0.2) is 0 Å². The topological polar surface area (TPSA) is 42.5 Å². The third-order valence-electron chi connectivity index (χ3n) is 4.63. The first kappa shape index (κ1) is 29.2. The molecule has 0 fully saturated rings. The first-order chi connectivity index (χ1) is 13.2. The molecule has 2 N–H and O–H groups in total. The Bertz CT molecular complexity index is 444. The molecular formula is C18H42F4N2O2Si3. The summed E-state index contributed by atoms with van der Waals surface area (Å²) < 4.78 is 63.9. The first-order valence-corrected chi connectivity index (χ1v) is 19.4. The van der Waals surface area contributed by atoms with E-state index >= 15 is 0 Å². The lowest BCUT2D eigenvalue weighted by atomic mass is 10.4. The minimum absolute atomic E-state index is 0.0693. The second-order valence-electron chi connectivity index (χ2n) is 9.06. The fourth-order valence-corrected chi connectivity index (χ4v) is 17.7. The summed E-state index contributed by atoms with van der Waals surface area (Å²) in [5.41, 5.74) is 0. The van der Waals surface area contributed by atoms with E-state index < -0.39 is 44.6 Å². The molecule has 0 aromatic carbocycles. The molecule has 0 aliphatic carbocycles. The van der Waals surface area contributed by atoms with Gasteiger partial charge in [-0.25, -0.2) is 4.39 Å². The Kier molecular flexibility index (Phi) is 13.7. The van der Waals surface area contributed by atoms with E-state index in [2.05, 4.69) is 30.7 Å². The SMILES string of the molecule is CCCNCCC[Si](C)(C)O[Si](C)(CCC(F)(F)F)O[Si](C)(C)CCCNCF. The largest absolute Gasteiger partial charge is 0.436 e. The molecule has 0 spiro atoms. The zero-order chi connectivity index (χ0) is 22.6. The Balaban J connectivity index is 4.99. The summed E-state index contributed by atoms with van der Waals surface area (Å²) in [4.78, 5) is 0. The van der Waals surface area contributed by atoms with Crippen molar-refractivity contribution in [2.24, 2.45) is 0 Å². The molecule has 176 valence electrons. The van der Waals surface area contributed by atoms with Gasteiger partial charge in [-0.3, -0.25) is 5.32 Å². The molecule has 0 heterocycles. The third-order valence-corrected chi connectivity index (χ3v) is 16.8. The Morgan fingerprint density at radius 3 is 1.66 bits per heavy atom. The van der Waals surface area contributed by atoms with Gasteiger partial charge in [-0.15, -0.1) is 0 Å². The minimum Gasteiger partial charge on any atom is -0.436 e. The Morgan fingerprint density at radius 2 is 1.24 bits per heavy atom. The number of nitrogens with one attached hydrogen (secondary N) is 2. The smallest absolute Gasteiger partial charge is 0.389 e. The van der Waals surface area contributed by atoms with Crippen LogP contribution in [-0.2, 0) is 8.23 Å². The van der Waals surface area contributed by atoms with Gasteiger partial charge in [0.25, 0.3) is 0 Å². The van der Waals surface area contributed by atoms with E-state index in [1.807, 2.05) is 13.1 Å². The second kappa shape index (κ2) is 13.6. The highest BCUT2D eigenvalue weighted by atomic mass is 28.5. The zero-order valence-electron chi connectivity index (χ0n) is 19.1. The van der Waals surface area contributed by atoms with E-state index in [1.165, 1.54) is 0 Å². The molecule has 29 heavy (non-hydrogen) atoms. The summed E-state index contributed by atoms with van der Waals surface area (Å²) in [6, 6.07) is 1.59. The summed E-state index contributed by atoms with van der Waals surface area (Å²) >= 11 is 0. The summed E-state index contributed by atoms with van der Waals surface area (Å²) in [5, 5.41) is 6.00. The van der Waals surface area contributed by atoms with Gasteiger partial charge in [-0.2, -0.15) is 13.2 Å². The summed E-state index contributed by atoms with van der Waals surface area (Å²) in [6.07, 6.45) is -2.30. The van der Waals surface area contributed by atoms with Crippen LogP contribution in [0.5, 0.6) is 0 Å². The standard InChI is InChI=1S/C18H42F4N2O2Si3/c1-7-11-23-12-8-14-27(2,3)25-29(6,16-10-18(20,21)22)26-28(4,5)15-9-13-24-17-19/h23-24H,7-17H2,1-6H3. The maximum absolute atomic E-state index is 12.9. The van der Waals surface area contributed by atoms with Crippen LogP contribution in [0.3, 0.4) is 0 Å². The molecule has 0 aliphatic rings. The van der Waals surface area contributed by atoms with Crippen LogP contribution in [0.4, 0.5) is 17.6 Å². The second-order valence-corrected chi connectivity index (χ2v) is 21.5.